The van der Waals surface area contributed by atoms with Gasteiger partial charge >= 0.3 is 0 Å². The third-order valence-corrected chi connectivity index (χ3v) is 5.47. The molecule has 0 N–H and O–H groups in total. The highest BCUT2D eigenvalue weighted by molar-refractivity contribution is 6.08. The number of amides is 3. The molecule has 2 atom stereocenters. The molecular weight excluding hydrogens is 386 g/mol. The number of hydrogen-bond acceptors (Lipinski definition) is 5. The van der Waals surface area contributed by atoms with Gasteiger partial charge in [-0.3, -0.25) is 24.5 Å². The van der Waals surface area contributed by atoms with Crippen molar-refractivity contribution in [1.82, 2.24) is 10.0 Å². The maximum atomic E-state index is 13.4. The van der Waals surface area contributed by atoms with E-state index in [0.717, 1.165) is 10.0 Å². The highest BCUT2D eigenvalue weighted by Gasteiger charge is 2.51. The lowest BCUT2D eigenvalue weighted by Gasteiger charge is -2.30. The number of para-hydroxylation sites is 1. The maximum absolute atomic E-state index is 13.4. The van der Waals surface area contributed by atoms with E-state index >= 15 is 0 Å². The molecule has 8 nitrogen and oxygen atoms in total. The molecule has 4 rings (SSSR count). The van der Waals surface area contributed by atoms with E-state index in [1.54, 1.807) is 24.3 Å². The van der Waals surface area contributed by atoms with E-state index in [9.17, 15) is 24.5 Å². The fourth-order valence-corrected chi connectivity index (χ4v) is 3.96. The van der Waals surface area contributed by atoms with Crippen LogP contribution in [0.1, 0.15) is 28.8 Å². The second-order valence-corrected chi connectivity index (χ2v) is 7.27. The lowest BCUT2D eigenvalue weighted by Crippen LogP contribution is -2.49. The summed E-state index contributed by atoms with van der Waals surface area (Å²) in [5, 5.41) is 13.4. The summed E-state index contributed by atoms with van der Waals surface area (Å²) >= 11 is 0. The van der Waals surface area contributed by atoms with Crippen molar-refractivity contribution >= 4 is 23.4 Å². The Kier molecular flexibility index (Phi) is 5.14. The molecule has 0 bridgehead atoms. The van der Waals surface area contributed by atoms with Gasteiger partial charge in [-0.1, -0.05) is 54.6 Å². The molecule has 0 radical (unpaired) electrons. The second-order valence-electron chi connectivity index (χ2n) is 7.27. The van der Waals surface area contributed by atoms with Crippen LogP contribution >= 0.6 is 0 Å². The van der Waals surface area contributed by atoms with Crippen LogP contribution in [0.2, 0.25) is 0 Å². The van der Waals surface area contributed by atoms with Gasteiger partial charge in [-0.25, -0.2) is 5.01 Å². The highest BCUT2D eigenvalue weighted by atomic mass is 16.6. The Bertz CT molecular complexity index is 1020. The summed E-state index contributed by atoms with van der Waals surface area (Å²) in [7, 11) is 0. The number of rotatable bonds is 5. The third kappa shape index (κ3) is 3.36. The Hall–Kier alpha value is -3.81. The average Bonchev–Trinajstić information content (AvgIpc) is 3.03. The molecular formula is C22H19N3O5. The zero-order valence-electron chi connectivity index (χ0n) is 16.0. The molecule has 30 heavy (non-hydrogen) atoms. The number of hydrazine groups is 1. The van der Waals surface area contributed by atoms with Gasteiger partial charge in [-0.15, -0.1) is 0 Å². The standard InChI is InChI=1S/C22H19N3O5/c26-20(18-12-6-7-13-19(18)25(29)30)23(14-15-8-2-1-3-9-15)24-21(27)16-10-4-5-11-17(16)22(24)28/h1-9,12-13,16-17H,10-11,14H2/t16-,17-/m0/s1. The Morgan fingerprint density at radius 2 is 1.53 bits per heavy atom. The number of benzene rings is 2. The Balaban J connectivity index is 1.76. The van der Waals surface area contributed by atoms with Gasteiger partial charge in [0, 0.05) is 6.07 Å². The normalized spacial score (nSPS) is 20.2. The van der Waals surface area contributed by atoms with Crippen molar-refractivity contribution in [2.45, 2.75) is 19.4 Å². The molecule has 0 spiro atoms. The molecule has 8 heteroatoms. The number of hydrogen-bond donors (Lipinski definition) is 0. The Morgan fingerprint density at radius 1 is 0.967 bits per heavy atom. The van der Waals surface area contributed by atoms with E-state index in [4.69, 9.17) is 0 Å². The summed E-state index contributed by atoms with van der Waals surface area (Å²) in [5.74, 6) is -2.69. The van der Waals surface area contributed by atoms with E-state index in [0.29, 0.717) is 18.4 Å². The minimum atomic E-state index is -0.764. The molecule has 1 aliphatic heterocycles. The van der Waals surface area contributed by atoms with Crippen LogP contribution in [0.5, 0.6) is 0 Å². The topological polar surface area (TPSA) is 101 Å². The third-order valence-electron chi connectivity index (χ3n) is 5.47. The molecule has 1 fully saturated rings. The first-order chi connectivity index (χ1) is 14.5. The lowest BCUT2D eigenvalue weighted by atomic mass is 9.85. The molecule has 0 aromatic heterocycles. The van der Waals surface area contributed by atoms with Crippen LogP contribution in [0.3, 0.4) is 0 Å². The van der Waals surface area contributed by atoms with Gasteiger partial charge in [0.1, 0.15) is 5.56 Å². The molecule has 3 amide bonds. The van der Waals surface area contributed by atoms with E-state index in [1.807, 2.05) is 18.2 Å². The van der Waals surface area contributed by atoms with Crippen LogP contribution in [0.4, 0.5) is 5.69 Å². The Morgan fingerprint density at radius 3 is 2.13 bits per heavy atom. The summed E-state index contributed by atoms with van der Waals surface area (Å²) in [4.78, 5) is 50.4. The second kappa shape index (κ2) is 7.90. The summed E-state index contributed by atoms with van der Waals surface area (Å²) in [6.45, 7) is -0.0595. The summed E-state index contributed by atoms with van der Waals surface area (Å²) < 4.78 is 0. The predicted molar refractivity (Wildman–Crippen MR) is 107 cm³/mol. The lowest BCUT2D eigenvalue weighted by molar-refractivity contribution is -0.385. The number of fused-ring (bicyclic) bond motifs is 1. The van der Waals surface area contributed by atoms with Crippen molar-refractivity contribution in [1.29, 1.82) is 0 Å². The van der Waals surface area contributed by atoms with Gasteiger partial charge in [0.2, 0.25) is 0 Å². The maximum Gasteiger partial charge on any atom is 0.282 e. The van der Waals surface area contributed by atoms with Crippen LogP contribution in [0.15, 0.2) is 66.7 Å². The largest absolute Gasteiger partial charge is 0.282 e. The number of nitrogens with zero attached hydrogens (tertiary/aromatic N) is 3. The summed E-state index contributed by atoms with van der Waals surface area (Å²) in [6.07, 6.45) is 4.59. The molecule has 152 valence electrons. The zero-order valence-corrected chi connectivity index (χ0v) is 16.0. The smallest absolute Gasteiger partial charge is 0.272 e. The van der Waals surface area contributed by atoms with Crippen LogP contribution < -0.4 is 0 Å². The molecule has 2 aromatic rings. The van der Waals surface area contributed by atoms with Gasteiger partial charge < -0.3 is 0 Å². The number of nitro benzene ring substituents is 1. The van der Waals surface area contributed by atoms with Gasteiger partial charge in [-0.05, 0) is 24.5 Å². The van der Waals surface area contributed by atoms with Crippen LogP contribution in [0.25, 0.3) is 0 Å². The van der Waals surface area contributed by atoms with Crippen molar-refractivity contribution < 1.29 is 19.3 Å². The molecule has 1 heterocycles. The first kappa shape index (κ1) is 19.5. The molecule has 0 saturated carbocycles. The highest BCUT2D eigenvalue weighted by Crippen LogP contribution is 2.37. The minimum Gasteiger partial charge on any atom is -0.272 e. The van der Waals surface area contributed by atoms with Gasteiger partial charge in [0.25, 0.3) is 23.4 Å². The number of nitro groups is 1. The van der Waals surface area contributed by atoms with E-state index in [-0.39, 0.29) is 17.8 Å². The van der Waals surface area contributed by atoms with E-state index < -0.39 is 34.5 Å². The molecule has 2 aromatic carbocycles. The van der Waals surface area contributed by atoms with Crippen molar-refractivity contribution in [2.24, 2.45) is 11.8 Å². The van der Waals surface area contributed by atoms with E-state index in [2.05, 4.69) is 0 Å². The van der Waals surface area contributed by atoms with Crippen molar-refractivity contribution in [3.8, 4) is 0 Å². The number of allylic oxidation sites excluding steroid dienone is 2. The van der Waals surface area contributed by atoms with Gasteiger partial charge in [-0.2, -0.15) is 5.01 Å². The van der Waals surface area contributed by atoms with Crippen molar-refractivity contribution in [2.75, 3.05) is 0 Å². The monoisotopic (exact) mass is 405 g/mol. The van der Waals surface area contributed by atoms with E-state index in [1.165, 1.54) is 24.3 Å². The minimum absolute atomic E-state index is 0.0595. The molecule has 0 unspecified atom stereocenters. The van der Waals surface area contributed by atoms with Gasteiger partial charge in [0.15, 0.2) is 0 Å². The van der Waals surface area contributed by atoms with Crippen molar-refractivity contribution in [3.05, 3.63) is 88.0 Å². The quantitative estimate of drug-likeness (QED) is 0.329. The number of imide groups is 1. The predicted octanol–water partition coefficient (Wildman–Crippen LogP) is 3.10. The molecule has 2 aliphatic rings. The van der Waals surface area contributed by atoms with Crippen LogP contribution in [0, 0.1) is 22.0 Å². The number of carbonyl (C=O) groups is 3. The Labute approximate surface area is 172 Å². The van der Waals surface area contributed by atoms with Crippen molar-refractivity contribution in [3.63, 3.8) is 0 Å². The summed E-state index contributed by atoms with van der Waals surface area (Å²) in [6, 6.07) is 14.4. The average molecular weight is 405 g/mol. The molecule has 1 saturated heterocycles. The fourth-order valence-electron chi connectivity index (χ4n) is 3.96. The fraction of sp³-hybridized carbons (Fsp3) is 0.227. The SMILES string of the molecule is O=C(c1ccccc1[N+](=O)[O-])N(Cc1ccccc1)N1C(=O)[C@H]2CC=CC[C@@H]2C1=O. The first-order valence-electron chi connectivity index (χ1n) is 9.61. The summed E-state index contributed by atoms with van der Waals surface area (Å²) in [5.41, 5.74) is 0.142. The van der Waals surface area contributed by atoms with Crippen LogP contribution in [-0.4, -0.2) is 32.7 Å². The zero-order chi connectivity index (χ0) is 21.3. The number of carbonyl (C=O) groups excluding carboxylic acids is 3. The van der Waals surface area contributed by atoms with Gasteiger partial charge in [0.05, 0.1) is 23.3 Å². The molecule has 1 aliphatic carbocycles. The van der Waals surface area contributed by atoms with Crippen LogP contribution in [-0.2, 0) is 16.1 Å². The first-order valence-corrected chi connectivity index (χ1v) is 9.61.